The van der Waals surface area contributed by atoms with Crippen molar-refractivity contribution in [2.45, 2.75) is 56.7 Å². The van der Waals surface area contributed by atoms with E-state index in [1.165, 1.54) is 0 Å². The lowest BCUT2D eigenvalue weighted by Crippen LogP contribution is -2.39. The van der Waals surface area contributed by atoms with E-state index in [0.717, 1.165) is 49.8 Å². The largest absolute Gasteiger partial charge is 0.507 e. The van der Waals surface area contributed by atoms with Crippen molar-refractivity contribution in [3.05, 3.63) is 42.6 Å². The standard InChI is InChI=1S/C25H27B2N5O3/c1-2-3-17(28)10-11-32(18-6-7-18)24-29-14-20(30-31-24)19-8-4-15(12-21(19)33)16-5-9-22-23(13-16)35-25(26,27)34-22/h4-5,8-9,12-14,17-18,33H,2-3,6-7,10-11,28H2,1H3/t17-/m1/s1. The van der Waals surface area contributed by atoms with Gasteiger partial charge in [0.2, 0.25) is 5.95 Å². The molecule has 0 spiro atoms. The smallest absolute Gasteiger partial charge is 0.245 e. The molecule has 176 valence electrons. The van der Waals surface area contributed by atoms with E-state index in [0.29, 0.717) is 34.7 Å². The minimum atomic E-state index is -1.68. The van der Waals surface area contributed by atoms with Gasteiger partial charge in [0, 0.05) is 24.2 Å². The van der Waals surface area contributed by atoms with Gasteiger partial charge in [0.15, 0.2) is 32.8 Å². The van der Waals surface area contributed by atoms with Crippen LogP contribution in [0.1, 0.15) is 39.0 Å². The van der Waals surface area contributed by atoms with Gasteiger partial charge in [-0.15, -0.1) is 10.2 Å². The van der Waals surface area contributed by atoms with Gasteiger partial charge in [0.05, 0.1) is 6.20 Å². The predicted molar refractivity (Wildman–Crippen MR) is 136 cm³/mol. The third kappa shape index (κ3) is 5.22. The highest BCUT2D eigenvalue weighted by Gasteiger charge is 2.32. The molecular weight excluding hydrogens is 440 g/mol. The van der Waals surface area contributed by atoms with Crippen LogP contribution >= 0.6 is 0 Å². The number of hydrogen-bond donors (Lipinski definition) is 2. The molecule has 1 aromatic heterocycles. The van der Waals surface area contributed by atoms with Crippen molar-refractivity contribution in [1.82, 2.24) is 15.2 Å². The molecule has 1 aliphatic heterocycles. The van der Waals surface area contributed by atoms with Gasteiger partial charge in [-0.1, -0.05) is 25.5 Å². The number of anilines is 1. The number of phenolic OH excluding ortho intramolecular Hbond substituents is 1. The normalized spacial score (nSPS) is 16.7. The number of fused-ring (bicyclic) bond motifs is 1. The van der Waals surface area contributed by atoms with Crippen LogP contribution in [0.2, 0.25) is 0 Å². The van der Waals surface area contributed by atoms with E-state index >= 15 is 0 Å². The van der Waals surface area contributed by atoms with Crippen LogP contribution in [0.15, 0.2) is 42.6 Å². The molecule has 0 bridgehead atoms. The molecule has 8 nitrogen and oxygen atoms in total. The number of ether oxygens (including phenoxy) is 2. The van der Waals surface area contributed by atoms with Crippen molar-refractivity contribution in [1.29, 1.82) is 0 Å². The maximum Gasteiger partial charge on any atom is 0.245 e. The second kappa shape index (κ2) is 9.41. The second-order valence-electron chi connectivity index (χ2n) is 9.22. The highest BCUT2D eigenvalue weighted by molar-refractivity contribution is 6.38. The fourth-order valence-corrected chi connectivity index (χ4v) is 4.32. The minimum absolute atomic E-state index is 0.0700. The van der Waals surface area contributed by atoms with Crippen molar-refractivity contribution < 1.29 is 14.6 Å². The lowest BCUT2D eigenvalue weighted by atomic mass is 9.76. The maximum atomic E-state index is 10.7. The molecule has 2 aliphatic rings. The Labute approximate surface area is 207 Å². The van der Waals surface area contributed by atoms with Gasteiger partial charge in [-0.05, 0) is 61.1 Å². The molecule has 2 heterocycles. The average Bonchev–Trinajstić information content (AvgIpc) is 3.61. The number of nitrogens with zero attached hydrogens (tertiary/aromatic N) is 4. The first-order valence-corrected chi connectivity index (χ1v) is 12.0. The van der Waals surface area contributed by atoms with Gasteiger partial charge < -0.3 is 25.2 Å². The number of phenols is 1. The fourth-order valence-electron chi connectivity index (χ4n) is 4.32. The first-order valence-electron chi connectivity index (χ1n) is 12.0. The Morgan fingerprint density at radius 3 is 2.51 bits per heavy atom. The zero-order valence-electron chi connectivity index (χ0n) is 19.7. The van der Waals surface area contributed by atoms with Gasteiger partial charge in [-0.3, -0.25) is 0 Å². The Balaban J connectivity index is 1.32. The van der Waals surface area contributed by atoms with E-state index < -0.39 is 5.59 Å². The number of aromatic nitrogens is 3. The molecule has 1 fully saturated rings. The van der Waals surface area contributed by atoms with E-state index in [9.17, 15) is 5.11 Å². The number of rotatable bonds is 9. The molecule has 2 aromatic carbocycles. The minimum Gasteiger partial charge on any atom is -0.507 e. The van der Waals surface area contributed by atoms with Crippen molar-refractivity contribution in [2.24, 2.45) is 5.73 Å². The van der Waals surface area contributed by atoms with Crippen molar-refractivity contribution in [3.63, 3.8) is 0 Å². The first kappa shape index (κ1) is 23.5. The lowest BCUT2D eigenvalue weighted by molar-refractivity contribution is 0.0833. The molecule has 1 atom stereocenters. The third-order valence-electron chi connectivity index (χ3n) is 6.28. The quantitative estimate of drug-likeness (QED) is 0.463. The number of aromatic hydroxyl groups is 1. The molecular formula is C25H27B2N5O3. The zero-order chi connectivity index (χ0) is 24.6. The molecule has 35 heavy (non-hydrogen) atoms. The van der Waals surface area contributed by atoms with Crippen LogP contribution in [0.25, 0.3) is 22.4 Å². The van der Waals surface area contributed by atoms with Gasteiger partial charge in [0.1, 0.15) is 11.4 Å². The predicted octanol–water partition coefficient (Wildman–Crippen LogP) is 3.12. The molecule has 3 aromatic rings. The monoisotopic (exact) mass is 467 g/mol. The van der Waals surface area contributed by atoms with E-state index in [-0.39, 0.29) is 11.8 Å². The molecule has 1 saturated carbocycles. The summed E-state index contributed by atoms with van der Waals surface area (Å²) in [4.78, 5) is 6.76. The summed E-state index contributed by atoms with van der Waals surface area (Å²) in [6.07, 6.45) is 6.91. The Morgan fingerprint density at radius 2 is 1.83 bits per heavy atom. The Morgan fingerprint density at radius 1 is 1.09 bits per heavy atom. The molecule has 10 heteroatoms. The summed E-state index contributed by atoms with van der Waals surface area (Å²) in [5, 5.41) is 19.5. The first-order chi connectivity index (χ1) is 16.8. The number of benzene rings is 2. The molecule has 0 saturated heterocycles. The van der Waals surface area contributed by atoms with Gasteiger partial charge in [-0.2, -0.15) is 0 Å². The van der Waals surface area contributed by atoms with Crippen LogP contribution in [0, 0.1) is 0 Å². The van der Waals surface area contributed by atoms with Gasteiger partial charge in [-0.25, -0.2) is 4.98 Å². The summed E-state index contributed by atoms with van der Waals surface area (Å²) in [7, 11) is 11.4. The molecule has 0 unspecified atom stereocenters. The third-order valence-corrected chi connectivity index (χ3v) is 6.28. The average molecular weight is 467 g/mol. The van der Waals surface area contributed by atoms with E-state index in [2.05, 4.69) is 27.0 Å². The number of hydrogen-bond acceptors (Lipinski definition) is 8. The Kier molecular flexibility index (Phi) is 6.32. The van der Waals surface area contributed by atoms with Crippen LogP contribution in [0.4, 0.5) is 5.95 Å². The van der Waals surface area contributed by atoms with Crippen LogP contribution in [-0.2, 0) is 0 Å². The van der Waals surface area contributed by atoms with Crippen molar-refractivity contribution in [3.8, 4) is 39.6 Å². The summed E-state index contributed by atoms with van der Waals surface area (Å²) in [6, 6.07) is 11.3. The van der Waals surface area contributed by atoms with E-state index in [1.807, 2.05) is 12.1 Å². The zero-order valence-corrected chi connectivity index (χ0v) is 19.7. The van der Waals surface area contributed by atoms with Gasteiger partial charge >= 0.3 is 0 Å². The van der Waals surface area contributed by atoms with E-state index in [4.69, 9.17) is 30.9 Å². The lowest BCUT2D eigenvalue weighted by Gasteiger charge is -2.23. The second-order valence-corrected chi connectivity index (χ2v) is 9.22. The van der Waals surface area contributed by atoms with Crippen molar-refractivity contribution >= 4 is 21.6 Å². The maximum absolute atomic E-state index is 10.7. The van der Waals surface area contributed by atoms with Crippen molar-refractivity contribution in [2.75, 3.05) is 11.4 Å². The summed E-state index contributed by atoms with van der Waals surface area (Å²) in [6.45, 7) is 2.96. The Bertz CT molecular complexity index is 1200. The summed E-state index contributed by atoms with van der Waals surface area (Å²) >= 11 is 0. The highest BCUT2D eigenvalue weighted by atomic mass is 16.7. The molecule has 4 radical (unpaired) electrons. The topological polar surface area (TPSA) is 107 Å². The van der Waals surface area contributed by atoms with Crippen LogP contribution in [0.3, 0.4) is 0 Å². The molecule has 3 N–H and O–H groups in total. The van der Waals surface area contributed by atoms with Crippen LogP contribution in [0.5, 0.6) is 17.2 Å². The molecule has 5 rings (SSSR count). The molecule has 1 aliphatic carbocycles. The Hall–Kier alpha value is -3.26. The summed E-state index contributed by atoms with van der Waals surface area (Å²) in [5.74, 6) is 1.58. The molecule has 0 amide bonds. The van der Waals surface area contributed by atoms with E-state index in [1.54, 1.807) is 30.5 Å². The van der Waals surface area contributed by atoms with Gasteiger partial charge in [0.25, 0.3) is 0 Å². The summed E-state index contributed by atoms with van der Waals surface area (Å²) < 4.78 is 10.7. The SMILES string of the molecule is [B]C1([B])Oc2ccc(-c3ccc(-c4cnc(N(CC[C@H](N)CCC)C5CC5)nn4)c(O)c3)cc2O1. The fraction of sp³-hybridized carbons (Fsp3) is 0.400. The van der Waals surface area contributed by atoms with Crippen LogP contribution in [-0.4, -0.2) is 60.2 Å². The summed E-state index contributed by atoms with van der Waals surface area (Å²) in [5.41, 5.74) is 7.17. The van der Waals surface area contributed by atoms with Crippen LogP contribution < -0.4 is 20.1 Å². The highest BCUT2D eigenvalue weighted by Crippen LogP contribution is 2.41. The number of nitrogens with two attached hydrogens (primary N) is 1.